The van der Waals surface area contributed by atoms with Crippen LogP contribution in [-0.2, 0) is 11.2 Å². The van der Waals surface area contributed by atoms with Crippen LogP contribution in [0.4, 0.5) is 0 Å². The summed E-state index contributed by atoms with van der Waals surface area (Å²) in [5.74, 6) is 1.44. The molecule has 6 heteroatoms. The first kappa shape index (κ1) is 18.2. The van der Waals surface area contributed by atoms with E-state index in [2.05, 4.69) is 20.4 Å². The maximum Gasteiger partial charge on any atom is 0.257 e. The molecule has 6 nitrogen and oxygen atoms in total. The van der Waals surface area contributed by atoms with E-state index in [9.17, 15) is 4.79 Å². The van der Waals surface area contributed by atoms with Crippen LogP contribution in [0.3, 0.4) is 0 Å². The van der Waals surface area contributed by atoms with Crippen molar-refractivity contribution in [3.05, 3.63) is 36.2 Å². The summed E-state index contributed by atoms with van der Waals surface area (Å²) in [5.41, 5.74) is 0.912. The Kier molecular flexibility index (Phi) is 5.82. The van der Waals surface area contributed by atoms with Crippen molar-refractivity contribution in [2.24, 2.45) is 5.92 Å². The van der Waals surface area contributed by atoms with E-state index in [1.165, 1.54) is 25.7 Å². The molecule has 1 saturated heterocycles. The van der Waals surface area contributed by atoms with Crippen molar-refractivity contribution in [3.63, 3.8) is 0 Å². The Morgan fingerprint density at radius 3 is 2.78 bits per heavy atom. The predicted octanol–water partition coefficient (Wildman–Crippen LogP) is 3.05. The third-order valence-electron chi connectivity index (χ3n) is 5.80. The Balaban J connectivity index is 1.24. The van der Waals surface area contributed by atoms with Crippen LogP contribution in [0.5, 0.6) is 0 Å². The van der Waals surface area contributed by atoms with E-state index in [1.54, 1.807) is 0 Å². The van der Waals surface area contributed by atoms with Crippen molar-refractivity contribution in [2.45, 2.75) is 51.0 Å². The maximum absolute atomic E-state index is 12.6. The molecule has 1 aliphatic carbocycles. The quantitative estimate of drug-likeness (QED) is 0.848. The van der Waals surface area contributed by atoms with Gasteiger partial charge in [-0.25, -0.2) is 0 Å². The largest absolute Gasteiger partial charge is 0.355 e. The van der Waals surface area contributed by atoms with Crippen LogP contribution in [0.2, 0.25) is 0 Å². The summed E-state index contributed by atoms with van der Waals surface area (Å²) in [5, 5.41) is 7.09. The standard InChI is InChI=1S/C21H28N4O2/c26-20(17-9-6-14-25(15-17)18-10-4-5-11-18)22-13-12-19-23-21(27-24-19)16-7-2-1-3-8-16/h1-3,7-8,17-18H,4-6,9-15H2,(H,22,26)/t17-/m0/s1. The van der Waals surface area contributed by atoms with E-state index in [0.717, 1.165) is 31.5 Å². The highest BCUT2D eigenvalue weighted by molar-refractivity contribution is 5.79. The molecule has 0 radical (unpaired) electrons. The van der Waals surface area contributed by atoms with Gasteiger partial charge in [0.1, 0.15) is 0 Å². The highest BCUT2D eigenvalue weighted by Gasteiger charge is 2.30. The smallest absolute Gasteiger partial charge is 0.257 e. The molecule has 1 N–H and O–H groups in total. The molecule has 2 aromatic rings. The molecule has 1 saturated carbocycles. The van der Waals surface area contributed by atoms with Gasteiger partial charge in [-0.05, 0) is 44.4 Å². The lowest BCUT2D eigenvalue weighted by Gasteiger charge is -2.36. The van der Waals surface area contributed by atoms with E-state index < -0.39 is 0 Å². The van der Waals surface area contributed by atoms with Crippen molar-refractivity contribution in [1.82, 2.24) is 20.4 Å². The average Bonchev–Trinajstić information content (AvgIpc) is 3.41. The van der Waals surface area contributed by atoms with Crippen LogP contribution in [0.25, 0.3) is 11.5 Å². The molecule has 144 valence electrons. The third-order valence-corrected chi connectivity index (χ3v) is 5.80. The Labute approximate surface area is 160 Å². The SMILES string of the molecule is O=C(NCCc1noc(-c2ccccc2)n1)[C@H]1CCCN(C2CCCC2)C1. The normalized spacial score (nSPS) is 21.4. The van der Waals surface area contributed by atoms with Gasteiger partial charge in [0.25, 0.3) is 5.89 Å². The van der Waals surface area contributed by atoms with Crippen LogP contribution in [0.1, 0.15) is 44.3 Å². The first-order valence-electron chi connectivity index (χ1n) is 10.2. The fourth-order valence-electron chi connectivity index (χ4n) is 4.32. The molecule has 1 aromatic heterocycles. The molecule has 0 spiro atoms. The van der Waals surface area contributed by atoms with Crippen molar-refractivity contribution in [3.8, 4) is 11.5 Å². The van der Waals surface area contributed by atoms with Crippen LogP contribution in [-0.4, -0.2) is 46.6 Å². The molecule has 0 unspecified atom stereocenters. The second kappa shape index (κ2) is 8.65. The molecule has 1 aromatic carbocycles. The van der Waals surface area contributed by atoms with Gasteiger partial charge in [-0.3, -0.25) is 9.69 Å². The molecule has 2 aliphatic rings. The number of amides is 1. The topological polar surface area (TPSA) is 71.3 Å². The Hall–Kier alpha value is -2.21. The van der Waals surface area contributed by atoms with Crippen LogP contribution in [0.15, 0.2) is 34.9 Å². The number of nitrogens with one attached hydrogen (secondary N) is 1. The number of nitrogens with zero attached hydrogens (tertiary/aromatic N) is 3. The number of likely N-dealkylation sites (tertiary alicyclic amines) is 1. The van der Waals surface area contributed by atoms with Gasteiger partial charge in [0.05, 0.1) is 5.92 Å². The first-order chi connectivity index (χ1) is 13.3. The average molecular weight is 368 g/mol. The highest BCUT2D eigenvalue weighted by Crippen LogP contribution is 2.28. The Morgan fingerprint density at radius 2 is 1.96 bits per heavy atom. The van der Waals surface area contributed by atoms with Crippen molar-refractivity contribution in [1.29, 1.82) is 0 Å². The van der Waals surface area contributed by atoms with E-state index in [4.69, 9.17) is 4.52 Å². The Bertz CT molecular complexity index is 740. The Morgan fingerprint density at radius 1 is 1.15 bits per heavy atom. The summed E-state index contributed by atoms with van der Waals surface area (Å²) in [4.78, 5) is 19.5. The zero-order valence-electron chi connectivity index (χ0n) is 15.8. The molecule has 1 aliphatic heterocycles. The summed E-state index contributed by atoms with van der Waals surface area (Å²) in [7, 11) is 0. The number of hydrogen-bond donors (Lipinski definition) is 1. The monoisotopic (exact) mass is 368 g/mol. The van der Waals surface area contributed by atoms with Crippen molar-refractivity contribution in [2.75, 3.05) is 19.6 Å². The molecule has 4 rings (SSSR count). The fourth-order valence-corrected chi connectivity index (χ4v) is 4.32. The zero-order chi connectivity index (χ0) is 18.5. The molecule has 1 atom stereocenters. The minimum absolute atomic E-state index is 0.115. The molecule has 27 heavy (non-hydrogen) atoms. The van der Waals surface area contributed by atoms with Gasteiger partial charge in [-0.15, -0.1) is 0 Å². The zero-order valence-corrected chi connectivity index (χ0v) is 15.8. The molecule has 2 heterocycles. The molecule has 0 bridgehead atoms. The molecular weight excluding hydrogens is 340 g/mol. The number of hydrogen-bond acceptors (Lipinski definition) is 5. The number of rotatable bonds is 6. The van der Waals surface area contributed by atoms with Gasteiger partial charge < -0.3 is 9.84 Å². The second-order valence-electron chi connectivity index (χ2n) is 7.70. The van der Waals surface area contributed by atoms with Gasteiger partial charge in [0, 0.05) is 31.1 Å². The van der Waals surface area contributed by atoms with Crippen LogP contribution < -0.4 is 5.32 Å². The number of carbonyl (C=O) groups is 1. The number of carbonyl (C=O) groups excluding carboxylic acids is 1. The fraction of sp³-hybridized carbons (Fsp3) is 0.571. The van der Waals surface area contributed by atoms with Crippen molar-refractivity contribution >= 4 is 5.91 Å². The molecule has 1 amide bonds. The van der Waals surface area contributed by atoms with E-state index in [-0.39, 0.29) is 11.8 Å². The second-order valence-corrected chi connectivity index (χ2v) is 7.70. The van der Waals surface area contributed by atoms with Crippen LogP contribution in [0, 0.1) is 5.92 Å². The van der Waals surface area contributed by atoms with E-state index in [0.29, 0.717) is 30.7 Å². The van der Waals surface area contributed by atoms with E-state index >= 15 is 0 Å². The van der Waals surface area contributed by atoms with Gasteiger partial charge in [-0.1, -0.05) is 36.2 Å². The lowest BCUT2D eigenvalue weighted by Crippen LogP contribution is -2.46. The number of piperidine rings is 1. The minimum atomic E-state index is 0.115. The summed E-state index contributed by atoms with van der Waals surface area (Å²) < 4.78 is 5.32. The highest BCUT2D eigenvalue weighted by atomic mass is 16.5. The van der Waals surface area contributed by atoms with Gasteiger partial charge in [-0.2, -0.15) is 4.98 Å². The lowest BCUT2D eigenvalue weighted by atomic mass is 9.95. The van der Waals surface area contributed by atoms with Gasteiger partial charge in [0.15, 0.2) is 5.82 Å². The van der Waals surface area contributed by atoms with Crippen molar-refractivity contribution < 1.29 is 9.32 Å². The third kappa shape index (κ3) is 4.56. The molecular formula is C21H28N4O2. The first-order valence-corrected chi connectivity index (χ1v) is 10.2. The minimum Gasteiger partial charge on any atom is -0.355 e. The maximum atomic E-state index is 12.6. The van der Waals surface area contributed by atoms with E-state index in [1.807, 2.05) is 30.3 Å². The lowest BCUT2D eigenvalue weighted by molar-refractivity contribution is -0.127. The number of benzene rings is 1. The summed E-state index contributed by atoms with van der Waals surface area (Å²) in [6, 6.07) is 10.4. The predicted molar refractivity (Wildman–Crippen MR) is 103 cm³/mol. The number of aromatic nitrogens is 2. The van der Waals surface area contributed by atoms with Crippen LogP contribution >= 0.6 is 0 Å². The molecule has 2 fully saturated rings. The summed E-state index contributed by atoms with van der Waals surface area (Å²) in [6.45, 7) is 2.61. The van der Waals surface area contributed by atoms with Gasteiger partial charge >= 0.3 is 0 Å². The summed E-state index contributed by atoms with van der Waals surface area (Å²) in [6.07, 6.45) is 7.99. The van der Waals surface area contributed by atoms with Gasteiger partial charge in [0.2, 0.25) is 5.91 Å². The summed E-state index contributed by atoms with van der Waals surface area (Å²) >= 11 is 0.